The molecule has 8 heteroatoms. The van der Waals surface area contributed by atoms with Crippen molar-refractivity contribution in [1.82, 2.24) is 9.88 Å². The lowest BCUT2D eigenvalue weighted by Crippen LogP contribution is -2.41. The second kappa shape index (κ2) is 7.39. The lowest BCUT2D eigenvalue weighted by molar-refractivity contribution is 0.0932. The maximum Gasteiger partial charge on any atom is 0.410 e. The van der Waals surface area contributed by atoms with Crippen LogP contribution >= 0.6 is 11.6 Å². The van der Waals surface area contributed by atoms with Gasteiger partial charge in [-0.05, 0) is 54.8 Å². The summed E-state index contributed by atoms with van der Waals surface area (Å²) in [6.45, 7) is 2.54. The van der Waals surface area contributed by atoms with Gasteiger partial charge in [-0.25, -0.2) is 13.2 Å². The zero-order valence-corrected chi connectivity index (χ0v) is 17.7. The highest BCUT2D eigenvalue weighted by Crippen LogP contribution is 2.39. The molecule has 6 nitrogen and oxygen atoms in total. The third-order valence-electron chi connectivity index (χ3n) is 5.22. The first-order valence-electron chi connectivity index (χ1n) is 9.33. The lowest BCUT2D eigenvalue weighted by Gasteiger charge is -2.35. The van der Waals surface area contributed by atoms with E-state index in [0.717, 1.165) is 27.7 Å². The molecule has 1 unspecified atom stereocenters. The van der Waals surface area contributed by atoms with E-state index < -0.39 is 22.0 Å². The molecule has 0 saturated carbocycles. The maximum atomic E-state index is 12.7. The number of fused-ring (bicyclic) bond motifs is 3. The molecule has 4 rings (SSSR count). The number of benzene rings is 2. The van der Waals surface area contributed by atoms with Crippen LogP contribution < -0.4 is 0 Å². The first kappa shape index (κ1) is 19.8. The standard InChI is InChI=1S/C21H21ClN2O4S/c1-3-28-21(25)24-11-10-16-17-12-14(22)6-9-18(17)23-19(16)20(24)13-4-7-15(8-5-13)29(2,26)27/h4-9,12,20,23H,3,10-11H2,1-2H3. The third-order valence-corrected chi connectivity index (χ3v) is 6.58. The van der Waals surface area contributed by atoms with Crippen LogP contribution in [0.15, 0.2) is 47.4 Å². The van der Waals surface area contributed by atoms with Crippen molar-refractivity contribution in [3.8, 4) is 0 Å². The highest BCUT2D eigenvalue weighted by Gasteiger charge is 2.35. The number of aromatic amines is 1. The summed E-state index contributed by atoms with van der Waals surface area (Å²) in [7, 11) is -3.30. The van der Waals surface area contributed by atoms with Crippen molar-refractivity contribution in [3.05, 3.63) is 64.3 Å². The predicted octanol–water partition coefficient (Wildman–Crippen LogP) is 4.33. The quantitative estimate of drug-likeness (QED) is 0.668. The molecule has 29 heavy (non-hydrogen) atoms. The van der Waals surface area contributed by atoms with Crippen molar-refractivity contribution >= 4 is 38.4 Å². The van der Waals surface area contributed by atoms with Gasteiger partial charge in [0.05, 0.1) is 11.5 Å². The highest BCUT2D eigenvalue weighted by atomic mass is 35.5. The fraction of sp³-hybridized carbons (Fsp3) is 0.286. The molecule has 1 amide bonds. The van der Waals surface area contributed by atoms with Gasteiger partial charge in [-0.2, -0.15) is 0 Å². The summed E-state index contributed by atoms with van der Waals surface area (Å²) in [5.74, 6) is 0. The van der Waals surface area contributed by atoms with E-state index in [-0.39, 0.29) is 11.5 Å². The van der Waals surface area contributed by atoms with Gasteiger partial charge in [0.25, 0.3) is 0 Å². The van der Waals surface area contributed by atoms with Crippen LogP contribution in [0, 0.1) is 0 Å². The molecule has 1 aromatic heterocycles. The second-order valence-corrected chi connectivity index (χ2v) is 9.55. The number of nitrogens with zero attached hydrogens (tertiary/aromatic N) is 1. The largest absolute Gasteiger partial charge is 0.450 e. The first-order chi connectivity index (χ1) is 13.8. The van der Waals surface area contributed by atoms with Crippen molar-refractivity contribution in [2.75, 3.05) is 19.4 Å². The maximum absolute atomic E-state index is 12.7. The number of rotatable bonds is 3. The molecule has 152 valence electrons. The van der Waals surface area contributed by atoms with Gasteiger partial charge in [0, 0.05) is 34.4 Å². The Kier molecular flexibility index (Phi) is 5.04. The van der Waals surface area contributed by atoms with E-state index in [9.17, 15) is 13.2 Å². The molecule has 0 radical (unpaired) electrons. The van der Waals surface area contributed by atoms with E-state index in [1.165, 1.54) is 6.26 Å². The summed E-state index contributed by atoms with van der Waals surface area (Å²) in [4.78, 5) is 18.0. The Hall–Kier alpha value is -2.51. The Morgan fingerprint density at radius 1 is 1.24 bits per heavy atom. The van der Waals surface area contributed by atoms with Crippen LogP contribution in [-0.4, -0.2) is 43.8 Å². The van der Waals surface area contributed by atoms with Crippen LogP contribution in [0.5, 0.6) is 0 Å². The second-order valence-electron chi connectivity index (χ2n) is 7.09. The van der Waals surface area contributed by atoms with Crippen molar-refractivity contribution in [1.29, 1.82) is 0 Å². The molecule has 0 spiro atoms. The van der Waals surface area contributed by atoms with Crippen LogP contribution in [0.3, 0.4) is 0 Å². The number of ether oxygens (including phenoxy) is 1. The number of H-pyrrole nitrogens is 1. The molecule has 0 aliphatic carbocycles. The molecule has 0 saturated heterocycles. The van der Waals surface area contributed by atoms with Crippen LogP contribution in [0.2, 0.25) is 5.02 Å². The zero-order valence-electron chi connectivity index (χ0n) is 16.1. The van der Waals surface area contributed by atoms with Gasteiger partial charge in [0.2, 0.25) is 0 Å². The minimum absolute atomic E-state index is 0.239. The molecule has 2 aromatic carbocycles. The normalized spacial score (nSPS) is 16.7. The molecular formula is C21H21ClN2O4S. The number of amides is 1. The van der Waals surface area contributed by atoms with E-state index in [0.29, 0.717) is 18.0 Å². The van der Waals surface area contributed by atoms with Gasteiger partial charge >= 0.3 is 6.09 Å². The van der Waals surface area contributed by atoms with E-state index in [1.807, 2.05) is 18.2 Å². The monoisotopic (exact) mass is 432 g/mol. The number of carbonyl (C=O) groups is 1. The number of hydrogen-bond donors (Lipinski definition) is 1. The zero-order chi connectivity index (χ0) is 20.8. The van der Waals surface area contributed by atoms with Gasteiger partial charge in [0.15, 0.2) is 9.84 Å². The summed E-state index contributed by atoms with van der Waals surface area (Å²) in [5.41, 5.74) is 3.76. The topological polar surface area (TPSA) is 79.5 Å². The summed E-state index contributed by atoms with van der Waals surface area (Å²) >= 11 is 6.20. The Bertz CT molecular complexity index is 1190. The molecule has 1 aliphatic heterocycles. The Balaban J connectivity index is 1.86. The molecule has 1 N–H and O–H groups in total. The molecule has 1 atom stereocenters. The van der Waals surface area contributed by atoms with Crippen LogP contribution in [0.1, 0.15) is 29.8 Å². The minimum Gasteiger partial charge on any atom is -0.450 e. The van der Waals surface area contributed by atoms with Gasteiger partial charge < -0.3 is 9.72 Å². The average Bonchev–Trinajstić information content (AvgIpc) is 3.04. The minimum atomic E-state index is -3.30. The van der Waals surface area contributed by atoms with E-state index >= 15 is 0 Å². The fourth-order valence-electron chi connectivity index (χ4n) is 3.91. The SMILES string of the molecule is CCOC(=O)N1CCc2c([nH]c3ccc(Cl)cc23)C1c1ccc(S(C)(=O)=O)cc1. The van der Waals surface area contributed by atoms with Crippen LogP contribution in [0.25, 0.3) is 10.9 Å². The molecule has 2 heterocycles. The van der Waals surface area contributed by atoms with Gasteiger partial charge in [-0.1, -0.05) is 23.7 Å². The number of nitrogens with one attached hydrogen (secondary N) is 1. The summed E-state index contributed by atoms with van der Waals surface area (Å²) in [6.07, 6.45) is 1.45. The van der Waals surface area contributed by atoms with Crippen molar-refractivity contribution in [2.45, 2.75) is 24.3 Å². The van der Waals surface area contributed by atoms with E-state index in [4.69, 9.17) is 16.3 Å². The summed E-state index contributed by atoms with van der Waals surface area (Å²) in [6, 6.07) is 11.9. The molecule has 0 bridgehead atoms. The number of halogens is 1. The fourth-order valence-corrected chi connectivity index (χ4v) is 4.71. The Morgan fingerprint density at radius 3 is 2.62 bits per heavy atom. The van der Waals surface area contributed by atoms with E-state index in [1.54, 1.807) is 36.1 Å². The number of aromatic nitrogens is 1. The average molecular weight is 433 g/mol. The van der Waals surface area contributed by atoms with Gasteiger partial charge in [0.1, 0.15) is 6.04 Å². The van der Waals surface area contributed by atoms with E-state index in [2.05, 4.69) is 4.98 Å². The smallest absolute Gasteiger partial charge is 0.410 e. The van der Waals surface area contributed by atoms with Gasteiger partial charge in [-0.3, -0.25) is 4.90 Å². The Labute approximate surface area is 174 Å². The first-order valence-corrected chi connectivity index (χ1v) is 11.6. The molecule has 0 fully saturated rings. The van der Waals surface area contributed by atoms with Gasteiger partial charge in [-0.15, -0.1) is 0 Å². The highest BCUT2D eigenvalue weighted by molar-refractivity contribution is 7.90. The lowest BCUT2D eigenvalue weighted by atomic mass is 9.93. The summed E-state index contributed by atoms with van der Waals surface area (Å²) < 4.78 is 28.9. The van der Waals surface area contributed by atoms with Crippen molar-refractivity contribution in [3.63, 3.8) is 0 Å². The molecule has 3 aromatic rings. The number of sulfone groups is 1. The van der Waals surface area contributed by atoms with Crippen LogP contribution in [-0.2, 0) is 21.0 Å². The molecule has 1 aliphatic rings. The number of carbonyl (C=O) groups excluding carboxylic acids is 1. The molecular weight excluding hydrogens is 412 g/mol. The van der Waals surface area contributed by atoms with Crippen molar-refractivity contribution < 1.29 is 17.9 Å². The summed E-state index contributed by atoms with van der Waals surface area (Å²) in [5, 5.41) is 1.69. The number of hydrogen-bond acceptors (Lipinski definition) is 4. The van der Waals surface area contributed by atoms with Crippen molar-refractivity contribution in [2.24, 2.45) is 0 Å². The third kappa shape index (κ3) is 3.60. The van der Waals surface area contributed by atoms with Crippen LogP contribution in [0.4, 0.5) is 4.79 Å². The predicted molar refractivity (Wildman–Crippen MR) is 112 cm³/mol. The Morgan fingerprint density at radius 2 is 1.97 bits per heavy atom.